The molecule has 1 aliphatic rings. The predicted molar refractivity (Wildman–Crippen MR) is 132 cm³/mol. The third-order valence-electron chi connectivity index (χ3n) is 6.18. The molecule has 3 atom stereocenters. The van der Waals surface area contributed by atoms with Crippen LogP contribution in [0.3, 0.4) is 0 Å². The summed E-state index contributed by atoms with van der Waals surface area (Å²) in [5.41, 5.74) is 3.27. The summed E-state index contributed by atoms with van der Waals surface area (Å²) < 4.78 is 18.9. The molecule has 0 spiro atoms. The van der Waals surface area contributed by atoms with Crippen molar-refractivity contribution in [2.45, 2.75) is 51.4 Å². The van der Waals surface area contributed by atoms with E-state index in [4.69, 9.17) is 14.2 Å². The first-order chi connectivity index (χ1) is 16.7. The zero-order chi connectivity index (χ0) is 23.6. The summed E-state index contributed by atoms with van der Waals surface area (Å²) in [6.07, 6.45) is -0.336. The minimum Gasteiger partial charge on any atom is -0.375 e. The van der Waals surface area contributed by atoms with Crippen LogP contribution in [-0.2, 0) is 38.8 Å². The number of amides is 1. The molecule has 1 saturated heterocycles. The Hall–Kier alpha value is -2.99. The lowest BCUT2D eigenvalue weighted by Crippen LogP contribution is -2.60. The molecular weight excluding hydrogens is 426 g/mol. The minimum absolute atomic E-state index is 0.0773. The smallest absolute Gasteiger partial charge is 0.225 e. The highest BCUT2D eigenvalue weighted by atomic mass is 16.5. The zero-order valence-corrected chi connectivity index (χ0v) is 19.7. The van der Waals surface area contributed by atoms with Crippen LogP contribution in [0.25, 0.3) is 0 Å². The van der Waals surface area contributed by atoms with Gasteiger partial charge in [0.1, 0.15) is 6.10 Å². The van der Waals surface area contributed by atoms with E-state index in [2.05, 4.69) is 0 Å². The quantitative estimate of drug-likeness (QED) is 0.405. The number of rotatable bonds is 11. The Morgan fingerprint density at radius 2 is 1.24 bits per heavy atom. The van der Waals surface area contributed by atoms with Crippen molar-refractivity contribution >= 4 is 5.91 Å². The lowest BCUT2D eigenvalue weighted by molar-refractivity contribution is -0.176. The van der Waals surface area contributed by atoms with Crippen molar-refractivity contribution in [3.05, 3.63) is 108 Å². The number of piperidine rings is 1. The van der Waals surface area contributed by atoms with E-state index in [9.17, 15) is 4.79 Å². The van der Waals surface area contributed by atoms with Gasteiger partial charge in [0.05, 0.1) is 45.0 Å². The number of ether oxygens (including phenoxy) is 3. The van der Waals surface area contributed by atoms with E-state index in [1.807, 2.05) is 103 Å². The highest BCUT2D eigenvalue weighted by Crippen LogP contribution is 2.27. The first kappa shape index (κ1) is 24.1. The molecule has 3 aromatic carbocycles. The van der Waals surface area contributed by atoms with Crippen LogP contribution in [0.15, 0.2) is 91.0 Å². The first-order valence-corrected chi connectivity index (χ1v) is 12.0. The average molecular weight is 460 g/mol. The third kappa shape index (κ3) is 6.54. The number of benzene rings is 3. The SMILES string of the molecule is CCN1C(=O)C[C@@H](OCc2ccccc2)[C@@H](OCc2ccccc2)[C@H]1COCc1ccccc1. The van der Waals surface area contributed by atoms with Gasteiger partial charge in [0.2, 0.25) is 5.91 Å². The lowest BCUT2D eigenvalue weighted by Gasteiger charge is -2.44. The van der Waals surface area contributed by atoms with E-state index in [1.165, 1.54) is 0 Å². The Morgan fingerprint density at radius 1 is 0.735 bits per heavy atom. The summed E-state index contributed by atoms with van der Waals surface area (Å²) in [6, 6.07) is 30.0. The van der Waals surface area contributed by atoms with E-state index in [0.29, 0.717) is 39.4 Å². The average Bonchev–Trinajstić information content (AvgIpc) is 2.89. The van der Waals surface area contributed by atoms with E-state index in [1.54, 1.807) is 0 Å². The van der Waals surface area contributed by atoms with Gasteiger partial charge in [-0.25, -0.2) is 0 Å². The van der Waals surface area contributed by atoms with Crippen LogP contribution in [0.2, 0.25) is 0 Å². The molecule has 5 heteroatoms. The second-order valence-electron chi connectivity index (χ2n) is 8.55. The Labute approximate surface area is 202 Å². The van der Waals surface area contributed by atoms with Gasteiger partial charge in [-0.2, -0.15) is 0 Å². The highest BCUT2D eigenvalue weighted by molar-refractivity contribution is 5.78. The second-order valence-corrected chi connectivity index (χ2v) is 8.55. The Morgan fingerprint density at radius 3 is 1.76 bits per heavy atom. The summed E-state index contributed by atoms with van der Waals surface area (Å²) in [7, 11) is 0. The van der Waals surface area contributed by atoms with Gasteiger partial charge < -0.3 is 19.1 Å². The van der Waals surface area contributed by atoms with E-state index < -0.39 is 0 Å². The first-order valence-electron chi connectivity index (χ1n) is 12.0. The van der Waals surface area contributed by atoms with Crippen molar-refractivity contribution < 1.29 is 19.0 Å². The number of hydrogen-bond acceptors (Lipinski definition) is 4. The fourth-order valence-electron chi connectivity index (χ4n) is 4.40. The molecule has 3 aromatic rings. The predicted octanol–water partition coefficient (Wildman–Crippen LogP) is 4.99. The molecule has 1 aliphatic heterocycles. The van der Waals surface area contributed by atoms with Crippen LogP contribution in [0.4, 0.5) is 0 Å². The van der Waals surface area contributed by atoms with Crippen LogP contribution < -0.4 is 0 Å². The van der Waals surface area contributed by atoms with Crippen molar-refractivity contribution in [2.24, 2.45) is 0 Å². The maximum absolute atomic E-state index is 13.0. The van der Waals surface area contributed by atoms with Gasteiger partial charge in [-0.15, -0.1) is 0 Å². The molecule has 0 unspecified atom stereocenters. The van der Waals surface area contributed by atoms with Gasteiger partial charge in [0, 0.05) is 6.54 Å². The summed E-state index contributed by atoms with van der Waals surface area (Å²) in [4.78, 5) is 14.9. The van der Waals surface area contributed by atoms with E-state index in [-0.39, 0.29) is 24.2 Å². The summed E-state index contributed by atoms with van der Waals surface area (Å²) >= 11 is 0. The number of carbonyl (C=O) groups excluding carboxylic acids is 1. The summed E-state index contributed by atoms with van der Waals surface area (Å²) in [6.45, 7) is 4.38. The van der Waals surface area contributed by atoms with Crippen molar-refractivity contribution in [3.63, 3.8) is 0 Å². The van der Waals surface area contributed by atoms with Crippen LogP contribution in [-0.4, -0.2) is 42.2 Å². The minimum atomic E-state index is -0.343. The van der Waals surface area contributed by atoms with Crippen molar-refractivity contribution in [1.82, 2.24) is 4.90 Å². The van der Waals surface area contributed by atoms with Crippen molar-refractivity contribution in [1.29, 1.82) is 0 Å². The molecule has 1 amide bonds. The topological polar surface area (TPSA) is 48.0 Å². The largest absolute Gasteiger partial charge is 0.375 e. The Balaban J connectivity index is 1.49. The molecule has 1 fully saturated rings. The van der Waals surface area contributed by atoms with Gasteiger partial charge in [-0.1, -0.05) is 91.0 Å². The molecule has 0 saturated carbocycles. The highest BCUT2D eigenvalue weighted by Gasteiger charge is 2.43. The van der Waals surface area contributed by atoms with Crippen LogP contribution in [0.1, 0.15) is 30.0 Å². The lowest BCUT2D eigenvalue weighted by atomic mass is 9.95. The molecule has 4 rings (SSSR count). The van der Waals surface area contributed by atoms with Gasteiger partial charge in [-0.05, 0) is 23.6 Å². The summed E-state index contributed by atoms with van der Waals surface area (Å²) in [5, 5.41) is 0. The number of carbonyl (C=O) groups is 1. The number of nitrogens with zero attached hydrogens (tertiary/aromatic N) is 1. The molecule has 0 aliphatic carbocycles. The number of hydrogen-bond donors (Lipinski definition) is 0. The van der Waals surface area contributed by atoms with Crippen molar-refractivity contribution in [2.75, 3.05) is 13.2 Å². The van der Waals surface area contributed by atoms with Gasteiger partial charge in [-0.3, -0.25) is 4.79 Å². The Kier molecular flexibility index (Phi) is 8.85. The monoisotopic (exact) mass is 459 g/mol. The molecule has 0 N–H and O–H groups in total. The van der Waals surface area contributed by atoms with Crippen LogP contribution in [0.5, 0.6) is 0 Å². The molecular formula is C29H33NO4. The maximum Gasteiger partial charge on any atom is 0.225 e. The van der Waals surface area contributed by atoms with Crippen LogP contribution >= 0.6 is 0 Å². The summed E-state index contributed by atoms with van der Waals surface area (Å²) in [5.74, 6) is 0.0773. The van der Waals surface area contributed by atoms with Crippen LogP contribution in [0, 0.1) is 0 Å². The normalized spacial score (nSPS) is 20.4. The molecule has 178 valence electrons. The molecule has 5 nitrogen and oxygen atoms in total. The van der Waals surface area contributed by atoms with Gasteiger partial charge in [0.15, 0.2) is 0 Å². The molecule has 34 heavy (non-hydrogen) atoms. The standard InChI is InChI=1S/C29H33NO4/c1-2-30-26(22-32-19-23-12-6-3-7-13-23)29(34-21-25-16-10-5-11-17-25)27(18-28(30)31)33-20-24-14-8-4-9-15-24/h3-17,26-27,29H,2,18-22H2,1H3/t26-,27-,29+/m1/s1. The second kappa shape index (κ2) is 12.5. The van der Waals surface area contributed by atoms with E-state index in [0.717, 1.165) is 16.7 Å². The van der Waals surface area contributed by atoms with E-state index >= 15 is 0 Å². The Bertz CT molecular complexity index is 996. The molecule has 1 heterocycles. The van der Waals surface area contributed by atoms with Crippen molar-refractivity contribution in [3.8, 4) is 0 Å². The number of likely N-dealkylation sites (tertiary alicyclic amines) is 1. The third-order valence-corrected chi connectivity index (χ3v) is 6.18. The zero-order valence-electron chi connectivity index (χ0n) is 19.7. The molecule has 0 radical (unpaired) electrons. The fourth-order valence-corrected chi connectivity index (χ4v) is 4.40. The number of likely N-dealkylation sites (N-methyl/N-ethyl adjacent to an activating group) is 1. The maximum atomic E-state index is 13.0. The van der Waals surface area contributed by atoms with Gasteiger partial charge >= 0.3 is 0 Å². The molecule has 0 aromatic heterocycles. The molecule has 0 bridgehead atoms. The van der Waals surface area contributed by atoms with Gasteiger partial charge in [0.25, 0.3) is 0 Å². The fraction of sp³-hybridized carbons (Fsp3) is 0.345.